The van der Waals surface area contributed by atoms with E-state index in [1.54, 1.807) is 0 Å². The summed E-state index contributed by atoms with van der Waals surface area (Å²) in [7, 11) is 0. The Kier molecular flexibility index (Phi) is 7.57. The molecular weight excluding hydrogens is 129 g/mol. The standard InChI is InChI=1S/C4H11NO3.FH/c5-1-3(7)4(8)2-6;/h3-4,6-8H,1-2,5H2;1H/t3-,4+;/m1./s1. The van der Waals surface area contributed by atoms with Crippen molar-refractivity contribution in [3.63, 3.8) is 0 Å². The van der Waals surface area contributed by atoms with Crippen LogP contribution in [0.3, 0.4) is 0 Å². The molecule has 0 unspecified atom stereocenters. The van der Waals surface area contributed by atoms with Gasteiger partial charge in [-0.25, -0.2) is 0 Å². The third kappa shape index (κ3) is 4.28. The van der Waals surface area contributed by atoms with Crippen molar-refractivity contribution in [3.8, 4) is 0 Å². The molecule has 0 aliphatic rings. The van der Waals surface area contributed by atoms with Gasteiger partial charge < -0.3 is 21.1 Å². The van der Waals surface area contributed by atoms with Gasteiger partial charge in [0.1, 0.15) is 6.10 Å². The smallest absolute Gasteiger partial charge is 0.104 e. The minimum Gasteiger partial charge on any atom is -0.394 e. The highest BCUT2D eigenvalue weighted by molar-refractivity contribution is 4.64. The van der Waals surface area contributed by atoms with Crippen molar-refractivity contribution in [2.45, 2.75) is 12.2 Å². The van der Waals surface area contributed by atoms with Gasteiger partial charge in [0.15, 0.2) is 0 Å². The molecule has 0 spiro atoms. The maximum Gasteiger partial charge on any atom is 0.104 e. The molecule has 4 nitrogen and oxygen atoms in total. The number of hydrogen-bond donors (Lipinski definition) is 4. The second-order valence-corrected chi connectivity index (χ2v) is 1.55. The lowest BCUT2D eigenvalue weighted by atomic mass is 10.2. The fourth-order valence-electron chi connectivity index (χ4n) is 0.279. The Morgan fingerprint density at radius 1 is 1.22 bits per heavy atom. The normalized spacial score (nSPS) is 16.0. The van der Waals surface area contributed by atoms with E-state index in [4.69, 9.17) is 21.1 Å². The van der Waals surface area contributed by atoms with Gasteiger partial charge in [-0.1, -0.05) is 0 Å². The summed E-state index contributed by atoms with van der Waals surface area (Å²) in [5.74, 6) is 0. The average Bonchev–Trinajstić information content (AvgIpc) is 1.84. The SMILES string of the molecule is F.NC[C@@H](O)[C@@H](O)CO. The van der Waals surface area contributed by atoms with E-state index in [0.717, 1.165) is 0 Å². The van der Waals surface area contributed by atoms with Crippen LogP contribution in [0, 0.1) is 0 Å². The molecule has 0 aliphatic heterocycles. The molecule has 0 saturated heterocycles. The Hall–Kier alpha value is -0.230. The van der Waals surface area contributed by atoms with E-state index in [9.17, 15) is 0 Å². The fraction of sp³-hybridized carbons (Fsp3) is 1.00. The van der Waals surface area contributed by atoms with E-state index in [-0.39, 0.29) is 11.2 Å². The molecule has 0 heterocycles. The monoisotopic (exact) mass is 141 g/mol. The highest BCUT2D eigenvalue weighted by Gasteiger charge is 2.11. The van der Waals surface area contributed by atoms with Crippen molar-refractivity contribution in [1.82, 2.24) is 0 Å². The van der Waals surface area contributed by atoms with Crippen LogP contribution in [-0.2, 0) is 0 Å². The number of halogens is 1. The highest BCUT2D eigenvalue weighted by atomic mass is 19.0. The van der Waals surface area contributed by atoms with Gasteiger partial charge in [0.05, 0.1) is 12.7 Å². The van der Waals surface area contributed by atoms with Crippen molar-refractivity contribution in [3.05, 3.63) is 0 Å². The summed E-state index contributed by atoms with van der Waals surface area (Å²) in [4.78, 5) is 0. The van der Waals surface area contributed by atoms with Crippen molar-refractivity contribution < 1.29 is 20.0 Å². The molecule has 0 aromatic rings. The van der Waals surface area contributed by atoms with Crippen molar-refractivity contribution in [2.75, 3.05) is 13.2 Å². The minimum absolute atomic E-state index is 0. The van der Waals surface area contributed by atoms with Crippen LogP contribution in [0.5, 0.6) is 0 Å². The first kappa shape index (κ1) is 11.6. The summed E-state index contributed by atoms with van der Waals surface area (Å²) < 4.78 is 0. The minimum atomic E-state index is -1.10. The first-order valence-corrected chi connectivity index (χ1v) is 2.39. The fourth-order valence-corrected chi connectivity index (χ4v) is 0.279. The van der Waals surface area contributed by atoms with Crippen molar-refractivity contribution in [1.29, 1.82) is 0 Å². The number of aliphatic hydroxyl groups excluding tert-OH is 3. The summed E-state index contributed by atoms with van der Waals surface area (Å²) >= 11 is 0. The van der Waals surface area contributed by atoms with Crippen molar-refractivity contribution >= 4 is 0 Å². The summed E-state index contributed by atoms with van der Waals surface area (Å²) in [6, 6.07) is 0. The van der Waals surface area contributed by atoms with Gasteiger partial charge in [-0.2, -0.15) is 0 Å². The van der Waals surface area contributed by atoms with Gasteiger partial charge in [0, 0.05) is 6.54 Å². The molecule has 58 valence electrons. The Bertz CT molecular complexity index is 55.8. The lowest BCUT2D eigenvalue weighted by Gasteiger charge is -2.11. The molecule has 0 aliphatic carbocycles. The topological polar surface area (TPSA) is 86.7 Å². The molecule has 0 aromatic heterocycles. The molecule has 9 heavy (non-hydrogen) atoms. The molecule has 0 radical (unpaired) electrons. The number of aliphatic hydroxyl groups is 3. The summed E-state index contributed by atoms with van der Waals surface area (Å²) in [6.07, 6.45) is -2.10. The van der Waals surface area contributed by atoms with Crippen LogP contribution in [0.15, 0.2) is 0 Å². The average molecular weight is 141 g/mol. The maximum absolute atomic E-state index is 8.59. The van der Waals surface area contributed by atoms with Gasteiger partial charge in [0.25, 0.3) is 0 Å². The van der Waals surface area contributed by atoms with E-state index in [1.165, 1.54) is 0 Å². The van der Waals surface area contributed by atoms with Crippen LogP contribution in [0.1, 0.15) is 0 Å². The largest absolute Gasteiger partial charge is 0.394 e. The Morgan fingerprint density at radius 2 is 1.67 bits per heavy atom. The van der Waals surface area contributed by atoms with Crippen LogP contribution < -0.4 is 5.73 Å². The van der Waals surface area contributed by atoms with Gasteiger partial charge in [-0.05, 0) is 0 Å². The van der Waals surface area contributed by atoms with E-state index >= 15 is 0 Å². The molecule has 5 heteroatoms. The Balaban J connectivity index is 0. The third-order valence-corrected chi connectivity index (χ3v) is 0.873. The van der Waals surface area contributed by atoms with Crippen molar-refractivity contribution in [2.24, 2.45) is 5.73 Å². The summed E-state index contributed by atoms with van der Waals surface area (Å²) in [5, 5.41) is 25.3. The van der Waals surface area contributed by atoms with E-state index in [0.29, 0.717) is 0 Å². The summed E-state index contributed by atoms with van der Waals surface area (Å²) in [6.45, 7) is -0.472. The van der Waals surface area contributed by atoms with Crippen LogP contribution in [0.25, 0.3) is 0 Å². The van der Waals surface area contributed by atoms with E-state index < -0.39 is 18.8 Å². The first-order valence-electron chi connectivity index (χ1n) is 2.39. The molecule has 0 amide bonds. The zero-order chi connectivity index (χ0) is 6.57. The second-order valence-electron chi connectivity index (χ2n) is 1.55. The third-order valence-electron chi connectivity index (χ3n) is 0.873. The quantitative estimate of drug-likeness (QED) is 0.359. The first-order chi connectivity index (χ1) is 3.72. The zero-order valence-electron chi connectivity index (χ0n) is 4.90. The number of rotatable bonds is 3. The van der Waals surface area contributed by atoms with Gasteiger partial charge in [-0.3, -0.25) is 4.70 Å². The molecule has 2 atom stereocenters. The lowest BCUT2D eigenvalue weighted by molar-refractivity contribution is -0.00894. The van der Waals surface area contributed by atoms with Crippen LogP contribution in [0.4, 0.5) is 4.70 Å². The zero-order valence-corrected chi connectivity index (χ0v) is 4.90. The molecule has 5 N–H and O–H groups in total. The van der Waals surface area contributed by atoms with Crippen LogP contribution in [-0.4, -0.2) is 40.7 Å². The predicted octanol–water partition coefficient (Wildman–Crippen LogP) is -2.19. The van der Waals surface area contributed by atoms with E-state index in [1.807, 2.05) is 0 Å². The summed E-state index contributed by atoms with van der Waals surface area (Å²) in [5.41, 5.74) is 4.93. The molecule has 0 bridgehead atoms. The Labute approximate surface area is 52.3 Å². The number of hydrogen-bond acceptors (Lipinski definition) is 4. The Morgan fingerprint density at radius 3 is 1.78 bits per heavy atom. The second kappa shape index (κ2) is 5.90. The van der Waals surface area contributed by atoms with Crippen LogP contribution in [0.2, 0.25) is 0 Å². The molecular formula is C4H12FNO3. The highest BCUT2D eigenvalue weighted by Crippen LogP contribution is 1.87. The van der Waals surface area contributed by atoms with E-state index in [2.05, 4.69) is 0 Å². The van der Waals surface area contributed by atoms with Gasteiger partial charge >= 0.3 is 0 Å². The van der Waals surface area contributed by atoms with Crippen LogP contribution >= 0.6 is 0 Å². The molecule has 0 rings (SSSR count). The lowest BCUT2D eigenvalue weighted by Crippen LogP contribution is -2.35. The molecule has 0 saturated carbocycles. The number of nitrogens with two attached hydrogens (primary N) is 1. The molecule has 0 fully saturated rings. The van der Waals surface area contributed by atoms with Gasteiger partial charge in [-0.15, -0.1) is 0 Å². The van der Waals surface area contributed by atoms with Gasteiger partial charge in [0.2, 0.25) is 0 Å². The predicted molar refractivity (Wildman–Crippen MR) is 30.7 cm³/mol. The molecule has 0 aromatic carbocycles. The maximum atomic E-state index is 8.59.